The van der Waals surface area contributed by atoms with E-state index >= 15 is 0 Å². The smallest absolute Gasteiger partial charge is 0.248 e. The van der Waals surface area contributed by atoms with Gasteiger partial charge in [0, 0.05) is 61.9 Å². The molecule has 3 aliphatic carbocycles. The maximum atomic E-state index is 13.0. The van der Waals surface area contributed by atoms with Crippen molar-refractivity contribution in [3.63, 3.8) is 0 Å². The highest BCUT2D eigenvalue weighted by Crippen LogP contribution is 2.47. The van der Waals surface area contributed by atoms with E-state index in [1.165, 1.54) is 156 Å². The zero-order valence-electron chi connectivity index (χ0n) is 58.5. The molecule has 0 spiro atoms. The highest BCUT2D eigenvalue weighted by Gasteiger charge is 2.34. The zero-order chi connectivity index (χ0) is 69.6. The lowest BCUT2D eigenvalue weighted by atomic mass is 9.65. The van der Waals surface area contributed by atoms with Crippen LogP contribution in [0.15, 0.2) is 58.7 Å². The third kappa shape index (κ3) is 40.7. The third-order valence-corrected chi connectivity index (χ3v) is 15.8. The summed E-state index contributed by atoms with van der Waals surface area (Å²) in [7, 11) is 8.12. The van der Waals surface area contributed by atoms with Gasteiger partial charge in [0.15, 0.2) is 0 Å². The van der Waals surface area contributed by atoms with Crippen molar-refractivity contribution < 1.29 is 28.8 Å². The monoisotopic (exact) mass is 1270 g/mol. The highest BCUT2D eigenvalue weighted by atomic mass is 16.2. The molecule has 0 unspecified atom stereocenters. The summed E-state index contributed by atoms with van der Waals surface area (Å²) in [5, 5.41) is 0. The lowest BCUT2D eigenvalue weighted by molar-refractivity contribution is 0.115. The van der Waals surface area contributed by atoms with E-state index in [1.54, 1.807) is 0 Å². The molecule has 90 heavy (non-hydrogen) atoms. The molecule has 5 rings (SSSR count). The number of carbonyl (C=O) groups excluding carboxylic acids is 6. The fraction of sp³-hybridized carbons (Fsp3) is 0.818. The van der Waals surface area contributed by atoms with Gasteiger partial charge in [-0.05, 0) is 129 Å². The molecular weight excluding hydrogens is 1150 g/mol. The standard InChI is InChI=1S/C24H36N6O6.3C10H20.C6H9N3O3.3C2H3NO/c31-19-25-13-7-1-4-10-16-28-22(34)29(17-11-5-2-8-14-26-20-32)24(36)30(23(28)35)18-12-6-3-9-15-27-21-33;3*1-9(2)6-5-7-10(3,4)8-9;1-7-4(10)8(2)6(12)9(3)5(7)11;3*1-3-2-4/h1-18H2;3*5-8H2,1-4H3;1-3H3;3*1H3. The molecule has 0 bridgehead atoms. The van der Waals surface area contributed by atoms with Gasteiger partial charge >= 0.3 is 34.1 Å². The number of isocyanates is 6. The Hall–Kier alpha value is -6.90. The van der Waals surface area contributed by atoms with Crippen LogP contribution in [0, 0.1) is 32.5 Å². The predicted molar refractivity (Wildman–Crippen MR) is 356 cm³/mol. The number of hydrogen-bond donors (Lipinski definition) is 0. The van der Waals surface area contributed by atoms with Crippen molar-refractivity contribution in [1.29, 1.82) is 0 Å². The molecule has 2 aromatic rings. The summed E-state index contributed by atoms with van der Waals surface area (Å²) in [5.41, 5.74) is 0.0720. The number of rotatable bonds is 21. The van der Waals surface area contributed by atoms with E-state index < -0.39 is 34.1 Å². The van der Waals surface area contributed by atoms with Gasteiger partial charge in [0.25, 0.3) is 0 Å². The Morgan fingerprint density at radius 2 is 0.478 bits per heavy atom. The normalized spacial score (nSPS) is 16.1. The second kappa shape index (κ2) is 47.1. The van der Waals surface area contributed by atoms with Gasteiger partial charge in [0.1, 0.15) is 0 Å². The van der Waals surface area contributed by atoms with Crippen LogP contribution >= 0.6 is 0 Å². The van der Waals surface area contributed by atoms with Crippen LogP contribution in [0.4, 0.5) is 0 Å². The van der Waals surface area contributed by atoms with Gasteiger partial charge in [-0.2, -0.15) is 0 Å². The van der Waals surface area contributed by atoms with Gasteiger partial charge in [-0.1, -0.05) is 141 Å². The first-order valence-corrected chi connectivity index (χ1v) is 31.8. The van der Waals surface area contributed by atoms with E-state index in [9.17, 15) is 43.2 Å². The highest BCUT2D eigenvalue weighted by molar-refractivity contribution is 5.33. The Labute approximate surface area is 534 Å². The van der Waals surface area contributed by atoms with Crippen molar-refractivity contribution in [1.82, 2.24) is 27.4 Å². The second-order valence-corrected chi connectivity index (χ2v) is 28.0. The first kappa shape index (κ1) is 87.3. The van der Waals surface area contributed by atoms with E-state index in [0.717, 1.165) is 85.2 Å². The molecule has 24 heteroatoms. The van der Waals surface area contributed by atoms with Crippen molar-refractivity contribution in [3.05, 3.63) is 62.9 Å². The second-order valence-electron chi connectivity index (χ2n) is 28.0. The number of nitrogens with zero attached hydrogens (tertiary/aromatic N) is 12. The Bertz CT molecular complexity index is 2650. The van der Waals surface area contributed by atoms with Crippen LogP contribution in [0.1, 0.15) is 237 Å². The van der Waals surface area contributed by atoms with E-state index in [1.807, 2.05) is 0 Å². The molecule has 0 saturated heterocycles. The van der Waals surface area contributed by atoms with Crippen LogP contribution in [0.3, 0.4) is 0 Å². The van der Waals surface area contributed by atoms with Crippen LogP contribution in [0.5, 0.6) is 0 Å². The van der Waals surface area contributed by atoms with Crippen molar-refractivity contribution >= 4 is 36.5 Å². The quantitative estimate of drug-likeness (QED) is 0.0640. The lowest BCUT2D eigenvalue weighted by Gasteiger charge is -2.40. The molecular formula is C66H114N12O12. The summed E-state index contributed by atoms with van der Waals surface area (Å²) < 4.78 is 6.05. The molecule has 3 saturated carbocycles. The average molecular weight is 1270 g/mol. The Morgan fingerprint density at radius 3 is 0.622 bits per heavy atom. The lowest BCUT2D eigenvalue weighted by Crippen LogP contribution is -2.54. The maximum absolute atomic E-state index is 13.0. The van der Waals surface area contributed by atoms with Crippen LogP contribution in [-0.2, 0) is 69.5 Å². The Kier molecular flexibility index (Phi) is 45.7. The molecule has 0 aliphatic heterocycles. The summed E-state index contributed by atoms with van der Waals surface area (Å²) in [6.45, 7) is 30.6. The van der Waals surface area contributed by atoms with E-state index in [2.05, 4.69) is 113 Å². The number of unbranched alkanes of at least 4 members (excludes halogenated alkanes) is 9. The number of aromatic nitrogens is 6. The van der Waals surface area contributed by atoms with Gasteiger partial charge < -0.3 is 0 Å². The van der Waals surface area contributed by atoms with Gasteiger partial charge in [-0.3, -0.25) is 0 Å². The molecule has 510 valence electrons. The first-order chi connectivity index (χ1) is 42.0. The minimum absolute atomic E-state index is 0.211. The minimum Gasteiger partial charge on any atom is -0.248 e. The van der Waals surface area contributed by atoms with E-state index in [0.29, 0.717) is 71.4 Å². The fourth-order valence-electron chi connectivity index (χ4n) is 12.3. The molecule has 3 fully saturated rings. The van der Waals surface area contributed by atoms with Crippen molar-refractivity contribution in [2.24, 2.45) is 83.6 Å². The van der Waals surface area contributed by atoms with Gasteiger partial charge in [-0.15, -0.1) is 0 Å². The van der Waals surface area contributed by atoms with Crippen LogP contribution in [0.2, 0.25) is 0 Å². The molecule has 0 radical (unpaired) electrons. The largest absolute Gasteiger partial charge is 0.336 e. The summed E-state index contributed by atoms with van der Waals surface area (Å²) >= 11 is 0. The molecule has 0 amide bonds. The third-order valence-electron chi connectivity index (χ3n) is 15.8. The minimum atomic E-state index is -0.608. The van der Waals surface area contributed by atoms with Gasteiger partial charge in [0.05, 0.1) is 19.6 Å². The van der Waals surface area contributed by atoms with Crippen molar-refractivity contribution in [2.75, 3.05) is 40.8 Å². The molecule has 2 heterocycles. The first-order valence-electron chi connectivity index (χ1n) is 31.8. The summed E-state index contributed by atoms with van der Waals surface area (Å²) in [4.78, 5) is 149. The molecule has 3 aliphatic rings. The molecule has 0 atom stereocenters. The number of aliphatic imine (C=N–C) groups is 6. The summed E-state index contributed by atoms with van der Waals surface area (Å²) in [5.74, 6) is 0. The summed E-state index contributed by atoms with van der Waals surface area (Å²) in [6.07, 6.45) is 34.1. The maximum Gasteiger partial charge on any atom is 0.336 e. The van der Waals surface area contributed by atoms with Crippen molar-refractivity contribution in [2.45, 2.75) is 257 Å². The molecule has 0 aromatic carbocycles. The predicted octanol–water partition coefficient (Wildman–Crippen LogP) is 10.3. The SMILES string of the molecule is CC1(C)CCCC(C)(C)C1.CC1(C)CCCC(C)(C)C1.CC1(C)CCCC(C)(C)C1.CN=C=O.CN=C=O.CN=C=O.Cn1c(=O)n(C)c(=O)n(C)c1=O.O=C=NCCCCCCn1c(=O)n(CCCCCCN=C=O)c(=O)n(CCCCCCN=C=O)c1=O. The topological polar surface area (TPSA) is 309 Å². The average Bonchev–Trinajstić information content (AvgIpc) is 1.07. The van der Waals surface area contributed by atoms with Crippen LogP contribution < -0.4 is 34.1 Å². The van der Waals surface area contributed by atoms with Crippen LogP contribution in [0.25, 0.3) is 0 Å². The van der Waals surface area contributed by atoms with Gasteiger partial charge in [-0.25, -0.2) is 115 Å². The van der Waals surface area contributed by atoms with E-state index in [-0.39, 0.29) is 19.6 Å². The van der Waals surface area contributed by atoms with E-state index in [4.69, 9.17) is 14.4 Å². The Balaban J connectivity index is -0.00000113. The van der Waals surface area contributed by atoms with Gasteiger partial charge in [0.2, 0.25) is 36.5 Å². The van der Waals surface area contributed by atoms with Crippen LogP contribution in [-0.4, -0.2) is 105 Å². The Morgan fingerprint density at radius 1 is 0.300 bits per heavy atom. The number of hydrogen-bond acceptors (Lipinski definition) is 18. The summed E-state index contributed by atoms with van der Waals surface area (Å²) in [6, 6.07) is 0. The molecule has 0 N–H and O–H groups in total. The zero-order valence-corrected chi connectivity index (χ0v) is 58.5. The molecule has 24 nitrogen and oxygen atoms in total. The van der Waals surface area contributed by atoms with Crippen molar-refractivity contribution in [3.8, 4) is 0 Å². The fourth-order valence-corrected chi connectivity index (χ4v) is 12.3. The molecule has 2 aromatic heterocycles.